The quantitative estimate of drug-likeness (QED) is 0.699. The van der Waals surface area contributed by atoms with E-state index in [2.05, 4.69) is 15.0 Å². The number of carbonyl (C=O) groups excluding carboxylic acids is 2. The number of nitrogens with zero attached hydrogens (tertiary/aromatic N) is 1. The van der Waals surface area contributed by atoms with Crippen molar-refractivity contribution in [2.24, 2.45) is 0 Å². The Hall–Kier alpha value is -2.45. The fraction of sp³-hybridized carbons (Fsp3) is 0.188. The second-order valence-electron chi connectivity index (χ2n) is 4.69. The molecule has 1 aromatic carbocycles. The molecule has 6 nitrogen and oxygen atoms in total. The Labute approximate surface area is 146 Å². The Morgan fingerprint density at radius 1 is 1.17 bits per heavy atom. The maximum absolute atomic E-state index is 12.3. The molecule has 0 aliphatic rings. The molecule has 0 saturated carbocycles. The largest absolute Gasteiger partial charge is 0.494 e. The van der Waals surface area contributed by atoms with Gasteiger partial charge in [-0.25, -0.2) is 9.78 Å². The zero-order valence-electron chi connectivity index (χ0n) is 13.0. The number of carbonyl (C=O) groups is 2. The summed E-state index contributed by atoms with van der Waals surface area (Å²) in [4.78, 5) is 28.9. The van der Waals surface area contributed by atoms with Crippen LogP contribution in [0.3, 0.4) is 0 Å². The molecule has 2 aromatic heterocycles. The molecule has 0 saturated heterocycles. The normalized spacial score (nSPS) is 10.6. The molecule has 1 N–H and O–H groups in total. The van der Waals surface area contributed by atoms with Crippen LogP contribution in [-0.4, -0.2) is 30.6 Å². The van der Waals surface area contributed by atoms with Crippen molar-refractivity contribution < 1.29 is 19.1 Å². The Morgan fingerprint density at radius 2 is 1.96 bits per heavy atom. The fourth-order valence-corrected chi connectivity index (χ4v) is 3.75. The topological polar surface area (TPSA) is 77.5 Å². The van der Waals surface area contributed by atoms with Crippen LogP contribution < -0.4 is 10.1 Å². The average Bonchev–Trinajstić information content (AvgIpc) is 3.20. The van der Waals surface area contributed by atoms with E-state index in [1.54, 1.807) is 12.1 Å². The highest BCUT2D eigenvalue weighted by Gasteiger charge is 2.15. The van der Waals surface area contributed by atoms with Gasteiger partial charge >= 0.3 is 5.97 Å². The van der Waals surface area contributed by atoms with Crippen molar-refractivity contribution >= 4 is 49.9 Å². The first-order valence-electron chi connectivity index (χ1n) is 7.13. The molecule has 0 aliphatic carbocycles. The maximum Gasteiger partial charge on any atom is 0.348 e. The molecule has 124 valence electrons. The van der Waals surface area contributed by atoms with E-state index < -0.39 is 5.97 Å². The number of hydrogen-bond acceptors (Lipinski definition) is 7. The summed E-state index contributed by atoms with van der Waals surface area (Å²) in [5, 5.41) is 3.25. The van der Waals surface area contributed by atoms with E-state index >= 15 is 0 Å². The molecule has 0 spiro atoms. The molecule has 0 radical (unpaired) electrons. The number of nitrogens with one attached hydrogen (secondary N) is 1. The number of amides is 1. The van der Waals surface area contributed by atoms with Crippen LogP contribution in [0.4, 0.5) is 5.13 Å². The Balaban J connectivity index is 1.77. The third-order valence-corrected chi connectivity index (χ3v) is 5.11. The van der Waals surface area contributed by atoms with E-state index in [1.165, 1.54) is 18.4 Å². The number of esters is 1. The first kappa shape index (κ1) is 16.4. The predicted molar refractivity (Wildman–Crippen MR) is 94.4 cm³/mol. The third-order valence-electron chi connectivity index (χ3n) is 3.11. The zero-order chi connectivity index (χ0) is 17.1. The lowest BCUT2D eigenvalue weighted by atomic mass is 10.3. The molecule has 0 bridgehead atoms. The van der Waals surface area contributed by atoms with Crippen molar-refractivity contribution in [1.82, 2.24) is 4.98 Å². The van der Waals surface area contributed by atoms with Gasteiger partial charge in [0.15, 0.2) is 5.13 Å². The first-order chi connectivity index (χ1) is 11.6. The summed E-state index contributed by atoms with van der Waals surface area (Å²) in [7, 11) is 1.30. The van der Waals surface area contributed by atoms with Gasteiger partial charge in [0.05, 0.1) is 28.8 Å². The van der Waals surface area contributed by atoms with Crippen LogP contribution in [0.15, 0.2) is 30.3 Å². The highest BCUT2D eigenvalue weighted by atomic mass is 32.1. The number of aromatic nitrogens is 1. The Morgan fingerprint density at radius 3 is 2.71 bits per heavy atom. The van der Waals surface area contributed by atoms with Crippen molar-refractivity contribution in [3.05, 3.63) is 40.1 Å². The van der Waals surface area contributed by atoms with E-state index in [0.717, 1.165) is 27.3 Å². The van der Waals surface area contributed by atoms with Gasteiger partial charge in [-0.3, -0.25) is 10.1 Å². The van der Waals surface area contributed by atoms with Crippen molar-refractivity contribution in [3.63, 3.8) is 0 Å². The van der Waals surface area contributed by atoms with Gasteiger partial charge in [-0.05, 0) is 37.3 Å². The van der Waals surface area contributed by atoms with E-state index in [1.807, 2.05) is 25.1 Å². The molecule has 24 heavy (non-hydrogen) atoms. The highest BCUT2D eigenvalue weighted by molar-refractivity contribution is 7.22. The molecule has 8 heteroatoms. The van der Waals surface area contributed by atoms with Crippen molar-refractivity contribution in [2.45, 2.75) is 6.92 Å². The highest BCUT2D eigenvalue weighted by Crippen LogP contribution is 2.30. The summed E-state index contributed by atoms with van der Waals surface area (Å²) < 4.78 is 11.0. The molecular weight excluding hydrogens is 348 g/mol. The number of rotatable bonds is 5. The Bertz CT molecular complexity index is 901. The first-order valence-corrected chi connectivity index (χ1v) is 8.77. The number of ether oxygens (including phenoxy) is 2. The van der Waals surface area contributed by atoms with Crippen LogP contribution in [0.2, 0.25) is 0 Å². The molecule has 3 aromatic rings. The van der Waals surface area contributed by atoms with Gasteiger partial charge in [-0.2, -0.15) is 0 Å². The van der Waals surface area contributed by atoms with E-state index in [-0.39, 0.29) is 5.91 Å². The molecular formula is C16H14N2O4S2. The number of methoxy groups -OCH3 is 1. The van der Waals surface area contributed by atoms with Crippen molar-refractivity contribution in [1.29, 1.82) is 0 Å². The molecule has 0 unspecified atom stereocenters. The summed E-state index contributed by atoms with van der Waals surface area (Å²) in [5.41, 5.74) is 0.792. The van der Waals surface area contributed by atoms with E-state index in [9.17, 15) is 9.59 Å². The average molecular weight is 362 g/mol. The lowest BCUT2D eigenvalue weighted by molar-refractivity contribution is 0.0606. The molecule has 1 amide bonds. The van der Waals surface area contributed by atoms with Gasteiger partial charge < -0.3 is 9.47 Å². The lowest BCUT2D eigenvalue weighted by Crippen LogP contribution is -2.09. The molecule has 0 atom stereocenters. The SMILES string of the molecule is CCOc1ccc2nc(NC(=O)c3ccc(C(=O)OC)s3)sc2c1. The van der Waals surface area contributed by atoms with Crippen LogP contribution in [0.25, 0.3) is 10.2 Å². The van der Waals surface area contributed by atoms with Gasteiger partial charge in [0.25, 0.3) is 5.91 Å². The fourth-order valence-electron chi connectivity index (χ4n) is 2.04. The van der Waals surface area contributed by atoms with Crippen molar-refractivity contribution in [3.8, 4) is 5.75 Å². The van der Waals surface area contributed by atoms with Gasteiger partial charge in [0, 0.05) is 0 Å². The number of anilines is 1. The van der Waals surface area contributed by atoms with Gasteiger partial charge in [0.1, 0.15) is 10.6 Å². The minimum atomic E-state index is -0.456. The number of benzene rings is 1. The van der Waals surface area contributed by atoms with Crippen LogP contribution in [0, 0.1) is 0 Å². The van der Waals surface area contributed by atoms with Crippen LogP contribution in [0.1, 0.15) is 26.3 Å². The minimum Gasteiger partial charge on any atom is -0.494 e. The molecule has 3 rings (SSSR count). The van der Waals surface area contributed by atoms with E-state index in [0.29, 0.717) is 21.5 Å². The number of fused-ring (bicyclic) bond motifs is 1. The summed E-state index contributed by atoms with van der Waals surface area (Å²) in [5.74, 6) is 0.00855. The van der Waals surface area contributed by atoms with Crippen LogP contribution >= 0.6 is 22.7 Å². The van der Waals surface area contributed by atoms with Crippen molar-refractivity contribution in [2.75, 3.05) is 19.0 Å². The Kier molecular flexibility index (Phi) is 4.77. The van der Waals surface area contributed by atoms with E-state index in [4.69, 9.17) is 4.74 Å². The standard InChI is InChI=1S/C16H14N2O4S2/c1-3-22-9-4-5-10-13(8-9)24-16(17-10)18-14(19)11-6-7-12(23-11)15(20)21-2/h4-8H,3H2,1-2H3,(H,17,18,19). The van der Waals surface area contributed by atoms with Crippen LogP contribution in [0.5, 0.6) is 5.75 Å². The summed E-state index contributed by atoms with van der Waals surface area (Å²) in [6.07, 6.45) is 0. The minimum absolute atomic E-state index is 0.306. The smallest absolute Gasteiger partial charge is 0.348 e. The molecule has 0 aliphatic heterocycles. The maximum atomic E-state index is 12.3. The monoisotopic (exact) mass is 362 g/mol. The summed E-state index contributed by atoms with van der Waals surface area (Å²) >= 11 is 2.45. The number of thiophene rings is 1. The summed E-state index contributed by atoms with van der Waals surface area (Å²) in [6, 6.07) is 8.75. The molecule has 0 fully saturated rings. The third kappa shape index (κ3) is 3.39. The molecule has 2 heterocycles. The van der Waals surface area contributed by atoms with Gasteiger partial charge in [-0.15, -0.1) is 11.3 Å². The summed E-state index contributed by atoms with van der Waals surface area (Å²) in [6.45, 7) is 2.51. The number of hydrogen-bond donors (Lipinski definition) is 1. The second-order valence-corrected chi connectivity index (χ2v) is 6.81. The zero-order valence-corrected chi connectivity index (χ0v) is 14.6. The van der Waals surface area contributed by atoms with Gasteiger partial charge in [-0.1, -0.05) is 11.3 Å². The second kappa shape index (κ2) is 6.98. The lowest BCUT2D eigenvalue weighted by Gasteiger charge is -2.00. The van der Waals surface area contributed by atoms with Gasteiger partial charge in [0.2, 0.25) is 0 Å². The number of thiazole rings is 1. The van der Waals surface area contributed by atoms with Crippen LogP contribution in [-0.2, 0) is 4.74 Å². The predicted octanol–water partition coefficient (Wildman–Crippen LogP) is 3.80.